The van der Waals surface area contributed by atoms with Crippen LogP contribution in [0.3, 0.4) is 0 Å². The van der Waals surface area contributed by atoms with E-state index in [9.17, 15) is 10.1 Å². The van der Waals surface area contributed by atoms with Gasteiger partial charge >= 0.3 is 5.69 Å². The van der Waals surface area contributed by atoms with E-state index in [2.05, 4.69) is 0 Å². The van der Waals surface area contributed by atoms with Gasteiger partial charge in [-0.25, -0.2) is 0 Å². The van der Waals surface area contributed by atoms with E-state index in [1.165, 1.54) is 18.1 Å². The smallest absolute Gasteiger partial charge is 0.313 e. The zero-order valence-corrected chi connectivity index (χ0v) is 14.5. The molecule has 126 valence electrons. The molecule has 0 aromatic heterocycles. The molecule has 0 aliphatic rings. The molecule has 0 saturated heterocycles. The van der Waals surface area contributed by atoms with Crippen LogP contribution in [0.25, 0.3) is 11.1 Å². The lowest BCUT2D eigenvalue weighted by Gasteiger charge is -2.11. The van der Waals surface area contributed by atoms with Crippen molar-refractivity contribution < 1.29 is 9.11 Å². The summed E-state index contributed by atoms with van der Waals surface area (Å²) in [5, 5.41) is 11.4. The van der Waals surface area contributed by atoms with Gasteiger partial charge in [0.05, 0.1) is 22.7 Å². The van der Waals surface area contributed by atoms with Crippen LogP contribution in [0.5, 0.6) is 5.75 Å². The number of nitro groups is 1. The van der Waals surface area contributed by atoms with Gasteiger partial charge in [0.25, 0.3) is 0 Å². The fourth-order valence-corrected chi connectivity index (χ4v) is 3.21. The summed E-state index contributed by atoms with van der Waals surface area (Å²) in [6.45, 7) is 1.99. The van der Waals surface area contributed by atoms with E-state index in [1.54, 1.807) is 6.07 Å². The van der Waals surface area contributed by atoms with Gasteiger partial charge in [-0.15, -0.1) is 0 Å². The van der Waals surface area contributed by atoms with E-state index in [4.69, 9.17) is 4.18 Å². The number of para-hydroxylation sites is 1. The van der Waals surface area contributed by atoms with Crippen LogP contribution in [0.1, 0.15) is 11.1 Å². The summed E-state index contributed by atoms with van der Waals surface area (Å²) in [6.07, 6.45) is 0. The van der Waals surface area contributed by atoms with Crippen molar-refractivity contribution in [3.05, 3.63) is 94.0 Å². The maximum Gasteiger partial charge on any atom is 0.313 e. The molecule has 0 saturated carbocycles. The van der Waals surface area contributed by atoms with Crippen LogP contribution in [0.15, 0.2) is 72.8 Å². The standard InChI is InChI=1S/C20H17NO3S/c1-15-7-5-10-17(13-15)18-11-6-12-19(21(22)23)20(18)24-25-14-16-8-3-2-4-9-16/h2-13H,14H2,1H3. The Hall–Kier alpha value is -2.79. The molecule has 3 aromatic rings. The SMILES string of the molecule is Cc1cccc(-c2cccc([N+](=O)[O-])c2OSCc2ccccc2)c1. The van der Waals surface area contributed by atoms with Crippen molar-refractivity contribution in [1.29, 1.82) is 0 Å². The molecule has 5 heteroatoms. The number of aryl methyl sites for hydroxylation is 1. The zero-order valence-electron chi connectivity index (χ0n) is 13.7. The summed E-state index contributed by atoms with van der Waals surface area (Å²) in [4.78, 5) is 11.0. The molecule has 0 spiro atoms. The third-order valence-electron chi connectivity index (χ3n) is 3.73. The Balaban J connectivity index is 1.91. The third-order valence-corrected chi connectivity index (χ3v) is 4.47. The highest BCUT2D eigenvalue weighted by molar-refractivity contribution is 7.94. The fourth-order valence-electron chi connectivity index (χ4n) is 2.53. The molecule has 3 rings (SSSR count). The molecule has 0 atom stereocenters. The third kappa shape index (κ3) is 4.19. The average molecular weight is 351 g/mol. The van der Waals surface area contributed by atoms with Crippen molar-refractivity contribution in [2.75, 3.05) is 0 Å². The maximum absolute atomic E-state index is 11.4. The Kier molecular flexibility index (Phi) is 5.36. The Labute approximate surface area is 150 Å². The molecular formula is C20H17NO3S. The molecule has 0 aliphatic heterocycles. The molecule has 3 aromatic carbocycles. The quantitative estimate of drug-likeness (QED) is 0.320. The van der Waals surface area contributed by atoms with Crippen LogP contribution in [-0.2, 0) is 5.75 Å². The van der Waals surface area contributed by atoms with Crippen molar-refractivity contribution in [1.82, 2.24) is 0 Å². The minimum atomic E-state index is -0.405. The highest BCUT2D eigenvalue weighted by atomic mass is 32.2. The van der Waals surface area contributed by atoms with Gasteiger partial charge in [-0.1, -0.05) is 72.3 Å². The van der Waals surface area contributed by atoms with Crippen LogP contribution in [-0.4, -0.2) is 4.92 Å². The maximum atomic E-state index is 11.4. The number of benzene rings is 3. The van der Waals surface area contributed by atoms with E-state index < -0.39 is 4.92 Å². The minimum Gasteiger partial charge on any atom is -0.418 e. The number of hydrogen-bond donors (Lipinski definition) is 0. The Morgan fingerprint density at radius 3 is 2.48 bits per heavy atom. The molecule has 0 heterocycles. The van der Waals surface area contributed by atoms with Gasteiger partial charge in [0.15, 0.2) is 0 Å². The monoisotopic (exact) mass is 351 g/mol. The van der Waals surface area contributed by atoms with Crippen LogP contribution >= 0.6 is 12.0 Å². The van der Waals surface area contributed by atoms with Crippen molar-refractivity contribution in [3.8, 4) is 16.9 Å². The minimum absolute atomic E-state index is 0.0282. The molecule has 0 radical (unpaired) electrons. The van der Waals surface area contributed by atoms with Gasteiger partial charge in [0.2, 0.25) is 5.75 Å². The predicted molar refractivity (Wildman–Crippen MR) is 102 cm³/mol. The van der Waals surface area contributed by atoms with Gasteiger partial charge in [-0.05, 0) is 18.1 Å². The summed E-state index contributed by atoms with van der Waals surface area (Å²) < 4.78 is 5.80. The van der Waals surface area contributed by atoms with E-state index in [-0.39, 0.29) is 5.69 Å². The number of nitrogens with zero attached hydrogens (tertiary/aromatic N) is 1. The molecule has 0 fully saturated rings. The first-order valence-corrected chi connectivity index (χ1v) is 8.74. The lowest BCUT2D eigenvalue weighted by molar-refractivity contribution is -0.385. The van der Waals surface area contributed by atoms with Gasteiger partial charge in [-0.2, -0.15) is 0 Å². The van der Waals surface area contributed by atoms with Gasteiger partial charge in [0.1, 0.15) is 0 Å². The average Bonchev–Trinajstić information content (AvgIpc) is 2.62. The highest BCUT2D eigenvalue weighted by Crippen LogP contribution is 2.40. The first kappa shape index (κ1) is 17.0. The van der Waals surface area contributed by atoms with E-state index in [1.807, 2.05) is 67.6 Å². The Bertz CT molecular complexity index is 881. The first-order chi connectivity index (χ1) is 12.1. The van der Waals surface area contributed by atoms with Crippen molar-refractivity contribution >= 4 is 17.7 Å². The molecule has 0 bridgehead atoms. The number of nitro benzene ring substituents is 1. The van der Waals surface area contributed by atoms with Crippen LogP contribution in [0, 0.1) is 17.0 Å². The van der Waals surface area contributed by atoms with Crippen molar-refractivity contribution in [3.63, 3.8) is 0 Å². The molecule has 4 nitrogen and oxygen atoms in total. The van der Waals surface area contributed by atoms with Gasteiger partial charge in [0, 0.05) is 11.6 Å². The zero-order chi connectivity index (χ0) is 17.6. The van der Waals surface area contributed by atoms with Crippen LogP contribution in [0.2, 0.25) is 0 Å². The Morgan fingerprint density at radius 2 is 1.76 bits per heavy atom. The molecule has 0 amide bonds. The first-order valence-electron chi connectivity index (χ1n) is 7.83. The molecule has 25 heavy (non-hydrogen) atoms. The second-order valence-corrected chi connectivity index (χ2v) is 6.30. The van der Waals surface area contributed by atoms with Crippen LogP contribution in [0.4, 0.5) is 5.69 Å². The molecular weight excluding hydrogens is 334 g/mol. The fraction of sp³-hybridized carbons (Fsp3) is 0.100. The summed E-state index contributed by atoms with van der Waals surface area (Å²) >= 11 is 1.20. The number of rotatable bonds is 6. The highest BCUT2D eigenvalue weighted by Gasteiger charge is 2.21. The lowest BCUT2D eigenvalue weighted by Crippen LogP contribution is -1.96. The molecule has 0 N–H and O–H groups in total. The van der Waals surface area contributed by atoms with E-state index >= 15 is 0 Å². The predicted octanol–water partition coefficient (Wildman–Crippen LogP) is 5.80. The summed E-state index contributed by atoms with van der Waals surface area (Å²) in [6, 6.07) is 22.7. The van der Waals surface area contributed by atoms with Crippen molar-refractivity contribution in [2.45, 2.75) is 12.7 Å². The van der Waals surface area contributed by atoms with Gasteiger partial charge < -0.3 is 4.18 Å². The molecule has 0 unspecified atom stereocenters. The van der Waals surface area contributed by atoms with E-state index in [0.717, 1.165) is 22.3 Å². The summed E-state index contributed by atoms with van der Waals surface area (Å²) in [5.74, 6) is 0.902. The topological polar surface area (TPSA) is 52.4 Å². The number of hydrogen-bond acceptors (Lipinski definition) is 4. The summed E-state index contributed by atoms with van der Waals surface area (Å²) in [5.41, 5.74) is 3.78. The lowest BCUT2D eigenvalue weighted by atomic mass is 10.0. The van der Waals surface area contributed by atoms with Crippen LogP contribution < -0.4 is 4.18 Å². The largest absolute Gasteiger partial charge is 0.418 e. The normalized spacial score (nSPS) is 10.4. The second-order valence-electron chi connectivity index (χ2n) is 5.61. The van der Waals surface area contributed by atoms with Gasteiger partial charge in [-0.3, -0.25) is 10.1 Å². The van der Waals surface area contributed by atoms with Crippen molar-refractivity contribution in [2.24, 2.45) is 0 Å². The van der Waals surface area contributed by atoms with E-state index in [0.29, 0.717) is 11.5 Å². The summed E-state index contributed by atoms with van der Waals surface area (Å²) in [7, 11) is 0. The molecule has 0 aliphatic carbocycles. The second kappa shape index (κ2) is 7.85. The Morgan fingerprint density at radius 1 is 1.00 bits per heavy atom.